The van der Waals surface area contributed by atoms with Crippen molar-refractivity contribution in [2.24, 2.45) is 5.92 Å². The van der Waals surface area contributed by atoms with Gasteiger partial charge in [0.25, 0.3) is 0 Å². The van der Waals surface area contributed by atoms with Crippen LogP contribution in [0.3, 0.4) is 0 Å². The van der Waals surface area contributed by atoms with Crippen LogP contribution in [-0.4, -0.2) is 12.6 Å². The maximum atomic E-state index is 11.4. The molecule has 0 aromatic heterocycles. The Kier molecular flexibility index (Phi) is 3.51. The molecule has 3 nitrogen and oxygen atoms in total. The Labute approximate surface area is 83.9 Å². The van der Waals surface area contributed by atoms with E-state index in [0.717, 1.165) is 0 Å². The molecule has 0 fully saturated rings. The molecule has 0 atom stereocenters. The first-order valence-corrected chi connectivity index (χ1v) is 4.58. The number of benzene rings is 1. The van der Waals surface area contributed by atoms with Crippen molar-refractivity contribution >= 4 is 11.7 Å². The zero-order valence-corrected chi connectivity index (χ0v) is 8.41. The Hall–Kier alpha value is -1.51. The molecule has 0 bridgehead atoms. The van der Waals surface area contributed by atoms with Crippen LogP contribution in [0.25, 0.3) is 0 Å². The van der Waals surface area contributed by atoms with E-state index in [2.05, 4.69) is 0 Å². The summed E-state index contributed by atoms with van der Waals surface area (Å²) < 4.78 is 5.02. The molecule has 1 radical (unpaired) electrons. The van der Waals surface area contributed by atoms with Crippen molar-refractivity contribution in [3.05, 3.63) is 29.8 Å². The zero-order chi connectivity index (χ0) is 10.6. The minimum Gasteiger partial charge on any atom is -0.462 e. The Morgan fingerprint density at radius 3 is 2.79 bits per heavy atom. The number of hydrogen-bond acceptors (Lipinski definition) is 2. The Bertz CT molecular complexity index is 321. The molecule has 0 aliphatic carbocycles. The van der Waals surface area contributed by atoms with Gasteiger partial charge in [0.1, 0.15) is 0 Å². The van der Waals surface area contributed by atoms with Gasteiger partial charge in [0.05, 0.1) is 17.9 Å². The maximum absolute atomic E-state index is 11.4. The second-order valence-corrected chi connectivity index (χ2v) is 3.57. The van der Waals surface area contributed by atoms with Crippen molar-refractivity contribution in [1.82, 2.24) is 5.73 Å². The summed E-state index contributed by atoms with van der Waals surface area (Å²) in [6.45, 7) is 4.38. The molecule has 3 heteroatoms. The minimum atomic E-state index is -0.354. The van der Waals surface area contributed by atoms with Crippen molar-refractivity contribution < 1.29 is 9.53 Å². The number of carbonyl (C=O) groups is 1. The van der Waals surface area contributed by atoms with Crippen LogP contribution in [0, 0.1) is 5.92 Å². The normalized spacial score (nSPS) is 10.2. The van der Waals surface area contributed by atoms with Gasteiger partial charge in [-0.15, -0.1) is 0 Å². The van der Waals surface area contributed by atoms with Crippen LogP contribution in [0.1, 0.15) is 24.2 Å². The van der Waals surface area contributed by atoms with Gasteiger partial charge >= 0.3 is 5.97 Å². The third-order valence-corrected chi connectivity index (χ3v) is 1.65. The van der Waals surface area contributed by atoms with E-state index >= 15 is 0 Å². The number of nitrogens with one attached hydrogen (secondary N) is 1. The summed E-state index contributed by atoms with van der Waals surface area (Å²) in [6.07, 6.45) is 0. The van der Waals surface area contributed by atoms with Crippen LogP contribution in [0.2, 0.25) is 0 Å². The van der Waals surface area contributed by atoms with Gasteiger partial charge < -0.3 is 10.5 Å². The third-order valence-electron chi connectivity index (χ3n) is 1.65. The van der Waals surface area contributed by atoms with Gasteiger partial charge in [-0.25, -0.2) is 4.79 Å². The van der Waals surface area contributed by atoms with E-state index < -0.39 is 0 Å². The lowest BCUT2D eigenvalue weighted by atomic mass is 10.2. The summed E-state index contributed by atoms with van der Waals surface area (Å²) in [6, 6.07) is 6.46. The fourth-order valence-electron chi connectivity index (χ4n) is 0.972. The van der Waals surface area contributed by atoms with Crippen molar-refractivity contribution in [1.29, 1.82) is 0 Å². The number of carbonyl (C=O) groups excluding carboxylic acids is 1. The first-order valence-electron chi connectivity index (χ1n) is 4.58. The highest BCUT2D eigenvalue weighted by atomic mass is 16.5. The topological polar surface area (TPSA) is 50.1 Å². The molecule has 0 saturated heterocycles. The number of esters is 1. The predicted molar refractivity (Wildman–Crippen MR) is 54.3 cm³/mol. The summed E-state index contributed by atoms with van der Waals surface area (Å²) >= 11 is 0. The molecule has 0 aliphatic rings. The molecule has 0 amide bonds. The number of rotatable bonds is 3. The molecule has 0 aliphatic heterocycles. The molecular weight excluding hydrogens is 178 g/mol. The smallest absolute Gasteiger partial charge is 0.338 e. The number of ether oxygens (including phenoxy) is 1. The SMILES string of the molecule is CC(C)COC(=O)c1cccc([NH])c1. The van der Waals surface area contributed by atoms with Crippen LogP contribution in [-0.2, 0) is 4.74 Å². The first kappa shape index (κ1) is 10.6. The van der Waals surface area contributed by atoms with Gasteiger partial charge in [0, 0.05) is 0 Å². The van der Waals surface area contributed by atoms with Gasteiger partial charge in [-0.1, -0.05) is 19.9 Å². The van der Waals surface area contributed by atoms with E-state index in [9.17, 15) is 4.79 Å². The van der Waals surface area contributed by atoms with E-state index in [1.54, 1.807) is 18.2 Å². The summed E-state index contributed by atoms with van der Waals surface area (Å²) in [7, 11) is 0. The largest absolute Gasteiger partial charge is 0.462 e. The molecule has 1 N–H and O–H groups in total. The van der Waals surface area contributed by atoms with Crippen molar-refractivity contribution in [2.75, 3.05) is 6.61 Å². The fraction of sp³-hybridized carbons (Fsp3) is 0.364. The molecule has 1 aromatic carbocycles. The Balaban J connectivity index is 2.61. The van der Waals surface area contributed by atoms with Crippen LogP contribution < -0.4 is 5.73 Å². The van der Waals surface area contributed by atoms with Crippen molar-refractivity contribution in [3.8, 4) is 0 Å². The highest BCUT2D eigenvalue weighted by Crippen LogP contribution is 2.09. The lowest BCUT2D eigenvalue weighted by molar-refractivity contribution is 0.0459. The molecule has 1 aromatic rings. The monoisotopic (exact) mass is 192 g/mol. The second kappa shape index (κ2) is 4.65. The minimum absolute atomic E-state index is 0.323. The van der Waals surface area contributed by atoms with Crippen molar-refractivity contribution in [2.45, 2.75) is 13.8 Å². The predicted octanol–water partition coefficient (Wildman–Crippen LogP) is 2.41. The molecule has 0 unspecified atom stereocenters. The van der Waals surface area contributed by atoms with E-state index in [1.165, 1.54) is 6.07 Å². The lowest BCUT2D eigenvalue weighted by Gasteiger charge is -2.06. The first-order chi connectivity index (χ1) is 6.59. The van der Waals surface area contributed by atoms with Crippen molar-refractivity contribution in [3.63, 3.8) is 0 Å². The van der Waals surface area contributed by atoms with Crippen LogP contribution in [0.15, 0.2) is 24.3 Å². The molecule has 1 rings (SSSR count). The average Bonchev–Trinajstić information content (AvgIpc) is 2.14. The highest BCUT2D eigenvalue weighted by molar-refractivity contribution is 5.90. The van der Waals surface area contributed by atoms with Crippen LogP contribution in [0.5, 0.6) is 0 Å². The molecule has 75 valence electrons. The van der Waals surface area contributed by atoms with E-state index in [0.29, 0.717) is 23.8 Å². The van der Waals surface area contributed by atoms with Gasteiger partial charge in [-0.3, -0.25) is 0 Å². The fourth-order valence-corrected chi connectivity index (χ4v) is 0.972. The molecular formula is C11H14NO2. The van der Waals surface area contributed by atoms with E-state index in [-0.39, 0.29) is 5.97 Å². The second-order valence-electron chi connectivity index (χ2n) is 3.57. The van der Waals surface area contributed by atoms with Crippen LogP contribution >= 0.6 is 0 Å². The third kappa shape index (κ3) is 3.09. The molecule has 14 heavy (non-hydrogen) atoms. The van der Waals surface area contributed by atoms with Gasteiger partial charge in [0.2, 0.25) is 0 Å². The quantitative estimate of drug-likeness (QED) is 0.690. The van der Waals surface area contributed by atoms with Gasteiger partial charge in [-0.05, 0) is 24.1 Å². The lowest BCUT2D eigenvalue weighted by Crippen LogP contribution is -2.09. The molecule has 0 heterocycles. The van der Waals surface area contributed by atoms with E-state index in [1.807, 2.05) is 13.8 Å². The summed E-state index contributed by atoms with van der Waals surface area (Å²) in [5.74, 6) is -0.0223. The standard InChI is InChI=1S/C11H14NO2/c1-8(2)7-14-11(13)9-4-3-5-10(12)6-9/h3-6,8,12H,7H2,1-2H3. The summed E-state index contributed by atoms with van der Waals surface area (Å²) in [5.41, 5.74) is 8.10. The summed E-state index contributed by atoms with van der Waals surface area (Å²) in [4.78, 5) is 11.4. The highest BCUT2D eigenvalue weighted by Gasteiger charge is 2.07. The van der Waals surface area contributed by atoms with Gasteiger partial charge in [-0.2, -0.15) is 0 Å². The Morgan fingerprint density at radius 1 is 1.50 bits per heavy atom. The number of hydrogen-bond donors (Lipinski definition) is 0. The van der Waals surface area contributed by atoms with Crippen LogP contribution in [0.4, 0.5) is 5.69 Å². The van der Waals surface area contributed by atoms with E-state index in [4.69, 9.17) is 10.5 Å². The average molecular weight is 192 g/mol. The molecule has 0 spiro atoms. The zero-order valence-electron chi connectivity index (χ0n) is 8.41. The Morgan fingerprint density at radius 2 is 2.21 bits per heavy atom. The maximum Gasteiger partial charge on any atom is 0.338 e. The van der Waals surface area contributed by atoms with Gasteiger partial charge in [0.15, 0.2) is 0 Å². The molecule has 0 saturated carbocycles. The summed E-state index contributed by atoms with van der Waals surface area (Å²) in [5, 5.41) is 0.